The Morgan fingerprint density at radius 2 is 2.37 bits per heavy atom. The first-order valence-electron chi connectivity index (χ1n) is 6.35. The summed E-state index contributed by atoms with van der Waals surface area (Å²) in [6, 6.07) is 5.46. The highest BCUT2D eigenvalue weighted by Gasteiger charge is 2.16. The van der Waals surface area contributed by atoms with Crippen LogP contribution < -0.4 is 9.47 Å². The van der Waals surface area contributed by atoms with Crippen molar-refractivity contribution in [2.75, 3.05) is 26.9 Å². The molecule has 19 heavy (non-hydrogen) atoms. The lowest BCUT2D eigenvalue weighted by atomic mass is 10.2. The van der Waals surface area contributed by atoms with E-state index in [1.54, 1.807) is 13.2 Å². The molecule has 1 aromatic carbocycles. The average molecular weight is 262 g/mol. The fourth-order valence-corrected chi connectivity index (χ4v) is 1.95. The van der Waals surface area contributed by atoms with Gasteiger partial charge in [-0.1, -0.05) is 11.8 Å². The van der Waals surface area contributed by atoms with Gasteiger partial charge in [0.1, 0.15) is 24.7 Å². The van der Waals surface area contributed by atoms with Crippen molar-refractivity contribution in [3.8, 4) is 23.3 Å². The second-order valence-corrected chi connectivity index (χ2v) is 4.27. The summed E-state index contributed by atoms with van der Waals surface area (Å²) >= 11 is 0. The van der Waals surface area contributed by atoms with E-state index in [2.05, 4.69) is 11.8 Å². The van der Waals surface area contributed by atoms with Crippen LogP contribution in [0.5, 0.6) is 11.5 Å². The standard InChI is InChI=1S/C15H18O4/c1-17-13-6-7-15(12(10-13)4-2-8-16)19-11-14-5-3-9-18-14/h6-7,10,14,16H,3,5,8-9,11H2,1H3. The van der Waals surface area contributed by atoms with Crippen LogP contribution in [0.15, 0.2) is 18.2 Å². The quantitative estimate of drug-likeness (QED) is 0.837. The monoisotopic (exact) mass is 262 g/mol. The number of ether oxygens (including phenoxy) is 3. The first-order chi connectivity index (χ1) is 9.33. The van der Waals surface area contributed by atoms with Crippen LogP contribution in [0, 0.1) is 11.8 Å². The summed E-state index contributed by atoms with van der Waals surface area (Å²) in [4.78, 5) is 0. The van der Waals surface area contributed by atoms with E-state index >= 15 is 0 Å². The lowest BCUT2D eigenvalue weighted by molar-refractivity contribution is 0.0678. The van der Waals surface area contributed by atoms with Gasteiger partial charge in [-0.15, -0.1) is 0 Å². The number of aliphatic hydroxyl groups is 1. The zero-order valence-electron chi connectivity index (χ0n) is 11.0. The molecule has 1 aromatic rings. The molecular formula is C15H18O4. The van der Waals surface area contributed by atoms with Crippen molar-refractivity contribution in [1.82, 2.24) is 0 Å². The Kier molecular flexibility index (Phi) is 5.08. The van der Waals surface area contributed by atoms with Gasteiger partial charge in [0.15, 0.2) is 0 Å². The molecule has 2 rings (SSSR count). The molecule has 1 N–H and O–H groups in total. The smallest absolute Gasteiger partial charge is 0.135 e. The van der Waals surface area contributed by atoms with E-state index in [1.807, 2.05) is 12.1 Å². The third kappa shape index (κ3) is 3.88. The summed E-state index contributed by atoms with van der Waals surface area (Å²) in [6.45, 7) is 1.16. The van der Waals surface area contributed by atoms with Crippen LogP contribution >= 0.6 is 0 Å². The van der Waals surface area contributed by atoms with E-state index in [0.717, 1.165) is 19.4 Å². The molecule has 0 spiro atoms. The van der Waals surface area contributed by atoms with Crippen LogP contribution in [0.25, 0.3) is 0 Å². The zero-order valence-corrected chi connectivity index (χ0v) is 11.0. The summed E-state index contributed by atoms with van der Waals surface area (Å²) in [5, 5.41) is 8.78. The van der Waals surface area contributed by atoms with E-state index in [-0.39, 0.29) is 12.7 Å². The van der Waals surface area contributed by atoms with Gasteiger partial charge >= 0.3 is 0 Å². The topological polar surface area (TPSA) is 47.9 Å². The number of hydrogen-bond acceptors (Lipinski definition) is 4. The van der Waals surface area contributed by atoms with Gasteiger partial charge in [-0.2, -0.15) is 0 Å². The molecule has 0 aromatic heterocycles. The summed E-state index contributed by atoms with van der Waals surface area (Å²) in [5.74, 6) is 6.90. The SMILES string of the molecule is COc1ccc(OCC2CCCO2)c(C#CCO)c1. The van der Waals surface area contributed by atoms with Crippen LogP contribution in [0.3, 0.4) is 0 Å². The van der Waals surface area contributed by atoms with E-state index < -0.39 is 0 Å². The minimum Gasteiger partial charge on any atom is -0.497 e. The van der Waals surface area contributed by atoms with Gasteiger partial charge in [0.2, 0.25) is 0 Å². The Morgan fingerprint density at radius 3 is 3.05 bits per heavy atom. The first kappa shape index (κ1) is 13.7. The molecule has 4 nitrogen and oxygen atoms in total. The molecule has 1 heterocycles. The fraction of sp³-hybridized carbons (Fsp3) is 0.467. The molecule has 1 atom stereocenters. The molecule has 1 fully saturated rings. The molecule has 1 unspecified atom stereocenters. The van der Waals surface area contributed by atoms with Gasteiger partial charge in [-0.3, -0.25) is 0 Å². The lowest BCUT2D eigenvalue weighted by Gasteiger charge is -2.13. The molecule has 4 heteroatoms. The number of benzene rings is 1. The largest absolute Gasteiger partial charge is 0.497 e. The van der Waals surface area contributed by atoms with Gasteiger partial charge in [0.25, 0.3) is 0 Å². The first-order valence-corrected chi connectivity index (χ1v) is 6.35. The fourth-order valence-electron chi connectivity index (χ4n) is 1.95. The predicted molar refractivity (Wildman–Crippen MR) is 71.4 cm³/mol. The molecular weight excluding hydrogens is 244 g/mol. The minimum atomic E-state index is -0.178. The second-order valence-electron chi connectivity index (χ2n) is 4.27. The number of rotatable bonds is 4. The molecule has 1 aliphatic heterocycles. The highest BCUT2D eigenvalue weighted by Crippen LogP contribution is 2.24. The van der Waals surface area contributed by atoms with Crippen molar-refractivity contribution in [3.05, 3.63) is 23.8 Å². The Morgan fingerprint density at radius 1 is 1.47 bits per heavy atom. The van der Waals surface area contributed by atoms with Crippen molar-refractivity contribution in [2.45, 2.75) is 18.9 Å². The highest BCUT2D eigenvalue weighted by atomic mass is 16.5. The maximum absolute atomic E-state index is 8.78. The van der Waals surface area contributed by atoms with E-state index in [9.17, 15) is 0 Å². The van der Waals surface area contributed by atoms with Gasteiger partial charge in [-0.05, 0) is 31.0 Å². The van der Waals surface area contributed by atoms with E-state index in [1.165, 1.54) is 0 Å². The molecule has 0 aliphatic carbocycles. The van der Waals surface area contributed by atoms with Crippen molar-refractivity contribution in [3.63, 3.8) is 0 Å². The Hall–Kier alpha value is -1.70. The molecule has 0 saturated carbocycles. The Labute approximate surface area is 113 Å². The molecule has 102 valence electrons. The van der Waals surface area contributed by atoms with Crippen LogP contribution in [-0.4, -0.2) is 38.1 Å². The van der Waals surface area contributed by atoms with Crippen LogP contribution in [0.1, 0.15) is 18.4 Å². The third-order valence-electron chi connectivity index (χ3n) is 2.94. The molecule has 0 bridgehead atoms. The van der Waals surface area contributed by atoms with E-state index in [4.69, 9.17) is 19.3 Å². The summed E-state index contributed by atoms with van der Waals surface area (Å²) in [5.41, 5.74) is 0.714. The minimum absolute atomic E-state index is 0.167. The maximum Gasteiger partial charge on any atom is 0.135 e. The highest BCUT2D eigenvalue weighted by molar-refractivity contribution is 5.50. The molecule has 1 saturated heterocycles. The number of aliphatic hydroxyl groups excluding tert-OH is 1. The van der Waals surface area contributed by atoms with E-state index in [0.29, 0.717) is 23.7 Å². The van der Waals surface area contributed by atoms with Gasteiger partial charge in [-0.25, -0.2) is 0 Å². The Balaban J connectivity index is 2.08. The maximum atomic E-state index is 8.78. The van der Waals surface area contributed by atoms with Gasteiger partial charge in [0.05, 0.1) is 18.8 Å². The molecule has 1 aliphatic rings. The number of methoxy groups -OCH3 is 1. The van der Waals surface area contributed by atoms with Crippen LogP contribution in [-0.2, 0) is 4.74 Å². The molecule has 0 amide bonds. The van der Waals surface area contributed by atoms with Crippen LogP contribution in [0.4, 0.5) is 0 Å². The van der Waals surface area contributed by atoms with Crippen LogP contribution in [0.2, 0.25) is 0 Å². The van der Waals surface area contributed by atoms with Gasteiger partial charge in [0, 0.05) is 6.61 Å². The third-order valence-corrected chi connectivity index (χ3v) is 2.94. The van der Waals surface area contributed by atoms with Gasteiger partial charge < -0.3 is 19.3 Å². The summed E-state index contributed by atoms with van der Waals surface area (Å²) < 4.78 is 16.4. The zero-order chi connectivity index (χ0) is 13.5. The van der Waals surface area contributed by atoms with Crippen molar-refractivity contribution < 1.29 is 19.3 Å². The normalized spacial score (nSPS) is 17.7. The van der Waals surface area contributed by atoms with Crippen molar-refractivity contribution in [1.29, 1.82) is 0 Å². The van der Waals surface area contributed by atoms with Crippen molar-refractivity contribution >= 4 is 0 Å². The summed E-state index contributed by atoms with van der Waals surface area (Å²) in [7, 11) is 1.60. The predicted octanol–water partition coefficient (Wildman–Crippen LogP) is 1.60. The number of hydrogen-bond donors (Lipinski definition) is 1. The Bertz CT molecular complexity index is 467. The lowest BCUT2D eigenvalue weighted by Crippen LogP contribution is -2.16. The average Bonchev–Trinajstić information content (AvgIpc) is 2.96. The summed E-state index contributed by atoms with van der Waals surface area (Å²) in [6.07, 6.45) is 2.29. The molecule has 0 radical (unpaired) electrons. The second kappa shape index (κ2) is 7.03. The van der Waals surface area contributed by atoms with Crippen molar-refractivity contribution in [2.24, 2.45) is 0 Å².